The highest BCUT2D eigenvalue weighted by molar-refractivity contribution is 6.18. The number of carboxylic acids is 1. The van der Waals surface area contributed by atoms with Gasteiger partial charge in [0.05, 0.1) is 5.41 Å². The number of esters is 1. The molecule has 8 nitrogen and oxygen atoms in total. The molecule has 0 heterocycles. The summed E-state index contributed by atoms with van der Waals surface area (Å²) in [6.07, 6.45) is -0.333. The second-order valence-corrected chi connectivity index (χ2v) is 12.9. The second kappa shape index (κ2) is 8.43. The Balaban J connectivity index is 1.98. The number of hydrogen-bond acceptors (Lipinski definition) is 7. The maximum absolute atomic E-state index is 14.4. The molecule has 2 saturated carbocycles. The zero-order chi connectivity index (χ0) is 27.9. The fraction of sp³-hybridized carbons (Fsp3) is 0.724. The van der Waals surface area contributed by atoms with E-state index in [-0.39, 0.29) is 66.5 Å². The lowest BCUT2D eigenvalue weighted by Gasteiger charge is -2.59. The van der Waals surface area contributed by atoms with Crippen LogP contribution in [0.5, 0.6) is 0 Å². The van der Waals surface area contributed by atoms with Gasteiger partial charge in [0.1, 0.15) is 11.6 Å². The van der Waals surface area contributed by atoms with Gasteiger partial charge in [0, 0.05) is 60.0 Å². The average Bonchev–Trinajstić information content (AvgIpc) is 3.01. The fourth-order valence-electron chi connectivity index (χ4n) is 8.53. The molecule has 0 spiro atoms. The highest BCUT2D eigenvalue weighted by Gasteiger charge is 2.74. The van der Waals surface area contributed by atoms with Crippen LogP contribution in [-0.4, -0.2) is 46.3 Å². The minimum Gasteiger partial charge on any atom is -0.481 e. The summed E-state index contributed by atoms with van der Waals surface area (Å²) in [6, 6.07) is 0. The monoisotopic (exact) mass is 514 g/mol. The molecule has 37 heavy (non-hydrogen) atoms. The number of carbonyl (C=O) groups excluding carboxylic acids is 5. The normalized spacial score (nSPS) is 39.6. The summed E-state index contributed by atoms with van der Waals surface area (Å²) in [5, 5.41) is 9.24. The molecule has 0 aromatic heterocycles. The van der Waals surface area contributed by atoms with E-state index in [1.165, 1.54) is 6.92 Å². The van der Waals surface area contributed by atoms with E-state index < -0.39 is 57.3 Å². The van der Waals surface area contributed by atoms with Crippen LogP contribution in [0.2, 0.25) is 0 Å². The van der Waals surface area contributed by atoms with Gasteiger partial charge < -0.3 is 9.84 Å². The molecule has 8 heteroatoms. The number of allylic oxidation sites excluding steroid dienone is 1. The van der Waals surface area contributed by atoms with Crippen molar-refractivity contribution >= 4 is 35.1 Å². The molecule has 0 amide bonds. The summed E-state index contributed by atoms with van der Waals surface area (Å²) in [5.74, 6) is -3.66. The molecule has 0 aromatic carbocycles. The van der Waals surface area contributed by atoms with Crippen LogP contribution in [0.4, 0.5) is 0 Å². The Morgan fingerprint density at radius 2 is 1.62 bits per heavy atom. The Morgan fingerprint density at radius 1 is 1.00 bits per heavy atom. The van der Waals surface area contributed by atoms with Gasteiger partial charge in [-0.05, 0) is 37.5 Å². The maximum atomic E-state index is 14.4. The molecule has 2 unspecified atom stereocenters. The van der Waals surface area contributed by atoms with Crippen LogP contribution in [-0.2, 0) is 33.5 Å². The van der Waals surface area contributed by atoms with Crippen molar-refractivity contribution in [2.45, 2.75) is 93.1 Å². The third kappa shape index (κ3) is 3.46. The molecule has 0 aliphatic heterocycles. The van der Waals surface area contributed by atoms with E-state index in [4.69, 9.17) is 4.74 Å². The summed E-state index contributed by atoms with van der Waals surface area (Å²) >= 11 is 0. The van der Waals surface area contributed by atoms with Crippen LogP contribution in [0.15, 0.2) is 11.1 Å². The summed E-state index contributed by atoms with van der Waals surface area (Å²) in [6.45, 7) is 12.1. The highest BCUT2D eigenvalue weighted by atomic mass is 16.5. The number of rotatable bonds is 5. The summed E-state index contributed by atoms with van der Waals surface area (Å²) in [5.41, 5.74) is -3.77. The first-order valence-electron chi connectivity index (χ1n) is 13.2. The molecule has 4 aliphatic rings. The highest BCUT2D eigenvalue weighted by Crippen LogP contribution is 2.70. The van der Waals surface area contributed by atoms with Crippen LogP contribution in [0.25, 0.3) is 0 Å². The first-order chi connectivity index (χ1) is 17.0. The van der Waals surface area contributed by atoms with E-state index in [1.54, 1.807) is 13.8 Å². The molecule has 4 rings (SSSR count). The van der Waals surface area contributed by atoms with E-state index in [1.807, 2.05) is 27.7 Å². The zero-order valence-electron chi connectivity index (χ0n) is 22.9. The topological polar surface area (TPSA) is 132 Å². The molecule has 4 aliphatic carbocycles. The van der Waals surface area contributed by atoms with Gasteiger partial charge in [0.15, 0.2) is 11.9 Å². The smallest absolute Gasteiger partial charge is 0.303 e. The Bertz CT molecular complexity index is 1160. The van der Waals surface area contributed by atoms with Crippen molar-refractivity contribution in [1.82, 2.24) is 0 Å². The molecule has 1 N–H and O–H groups in total. The quantitative estimate of drug-likeness (QED) is 0.547. The van der Waals surface area contributed by atoms with Crippen molar-refractivity contribution < 1.29 is 38.6 Å². The number of carboxylic acid groups (broad SMARTS) is 1. The van der Waals surface area contributed by atoms with Crippen molar-refractivity contribution in [3.05, 3.63) is 11.1 Å². The fourth-order valence-corrected chi connectivity index (χ4v) is 8.53. The van der Waals surface area contributed by atoms with Crippen LogP contribution in [0.3, 0.4) is 0 Å². The van der Waals surface area contributed by atoms with Gasteiger partial charge in [-0.15, -0.1) is 0 Å². The van der Waals surface area contributed by atoms with E-state index in [0.717, 1.165) is 0 Å². The summed E-state index contributed by atoms with van der Waals surface area (Å²) < 4.78 is 5.75. The number of carbonyl (C=O) groups is 6. The van der Waals surface area contributed by atoms with Crippen molar-refractivity contribution in [3.8, 4) is 0 Å². The van der Waals surface area contributed by atoms with Gasteiger partial charge in [0.2, 0.25) is 5.78 Å². The average molecular weight is 515 g/mol. The minimum atomic E-state index is -1.38. The molecule has 0 aromatic rings. The lowest BCUT2D eigenvalue weighted by atomic mass is 9.42. The molecule has 202 valence electrons. The SMILES string of the molecule is CC(=O)OC1C(=O)C2=C(C(=O)C[C@H]3C(C)(C)C(=O)CC[C@]23C)[C@]2(C)C(=O)C[C@H](C(C)CCC(=O)O)[C@@]12C. The van der Waals surface area contributed by atoms with Crippen molar-refractivity contribution in [1.29, 1.82) is 0 Å². The first kappa shape index (κ1) is 27.4. The van der Waals surface area contributed by atoms with Gasteiger partial charge in [-0.1, -0.05) is 34.6 Å². The Hall–Kier alpha value is -2.64. The molecule has 2 fully saturated rings. The van der Waals surface area contributed by atoms with Crippen molar-refractivity contribution in [2.75, 3.05) is 0 Å². The van der Waals surface area contributed by atoms with Gasteiger partial charge >= 0.3 is 11.9 Å². The van der Waals surface area contributed by atoms with Gasteiger partial charge in [0.25, 0.3) is 0 Å². The van der Waals surface area contributed by atoms with E-state index >= 15 is 0 Å². The third-order valence-electron chi connectivity index (χ3n) is 10.8. The van der Waals surface area contributed by atoms with Crippen LogP contribution in [0, 0.1) is 39.4 Å². The first-order valence-corrected chi connectivity index (χ1v) is 13.2. The minimum absolute atomic E-state index is 0.0481. The van der Waals surface area contributed by atoms with Gasteiger partial charge in [-0.25, -0.2) is 0 Å². The van der Waals surface area contributed by atoms with E-state index in [2.05, 4.69) is 0 Å². The maximum Gasteiger partial charge on any atom is 0.303 e. The van der Waals surface area contributed by atoms with E-state index in [0.29, 0.717) is 6.42 Å². The summed E-state index contributed by atoms with van der Waals surface area (Å²) in [7, 11) is 0. The van der Waals surface area contributed by atoms with Gasteiger partial charge in [-0.2, -0.15) is 0 Å². The second-order valence-electron chi connectivity index (χ2n) is 12.9. The Labute approximate surface area is 217 Å². The number of fused-ring (bicyclic) bond motifs is 4. The summed E-state index contributed by atoms with van der Waals surface area (Å²) in [4.78, 5) is 78.9. The van der Waals surface area contributed by atoms with E-state index in [9.17, 15) is 33.9 Å². The number of hydrogen-bond donors (Lipinski definition) is 1. The van der Waals surface area contributed by atoms with Gasteiger partial charge in [-0.3, -0.25) is 28.8 Å². The molecule has 7 atom stereocenters. The lowest BCUT2D eigenvalue weighted by molar-refractivity contribution is -0.175. The van der Waals surface area contributed by atoms with Crippen LogP contribution in [0.1, 0.15) is 87.0 Å². The molecule has 0 saturated heterocycles. The number of Topliss-reactive ketones (excluding diaryl/α,β-unsaturated/α-hetero) is 4. The van der Waals surface area contributed by atoms with Crippen molar-refractivity contribution in [3.63, 3.8) is 0 Å². The molecule has 0 bridgehead atoms. The third-order valence-corrected chi connectivity index (χ3v) is 10.8. The number of aliphatic carboxylic acids is 1. The van der Waals surface area contributed by atoms with Crippen molar-refractivity contribution in [2.24, 2.45) is 39.4 Å². The molecular weight excluding hydrogens is 476 g/mol. The van der Waals surface area contributed by atoms with Crippen LogP contribution < -0.4 is 0 Å². The van der Waals surface area contributed by atoms with Crippen LogP contribution >= 0.6 is 0 Å². The lowest BCUT2D eigenvalue weighted by Crippen LogP contribution is -2.64. The largest absolute Gasteiger partial charge is 0.481 e. The predicted molar refractivity (Wildman–Crippen MR) is 132 cm³/mol. The Morgan fingerprint density at radius 3 is 2.19 bits per heavy atom. The predicted octanol–water partition coefficient (Wildman–Crippen LogP) is 3.88. The Kier molecular flexibility index (Phi) is 6.24. The molecular formula is C29H38O8. The number of ether oxygens (including phenoxy) is 1. The molecule has 0 radical (unpaired) electrons. The zero-order valence-corrected chi connectivity index (χ0v) is 22.9. The standard InChI is InChI=1S/C29H38O8/c1-14(8-9-21(34)35)16-12-20(33)29(7)22-17(31)13-18-26(3,4)19(32)10-11-27(18,5)23(22)24(36)25(28(16,29)6)37-15(2)30/h14,16,18,25H,8-13H2,1-7H3,(H,34,35)/t14?,16-,18+,25?,27+,28+,29+/m1/s1. The number of ketones is 4.